The molecule has 4 aromatic rings. The molecule has 0 radical (unpaired) electrons. The first-order valence-electron chi connectivity index (χ1n) is 13.4. The van der Waals surface area contributed by atoms with Crippen molar-refractivity contribution in [1.29, 1.82) is 0 Å². The molecule has 41 heavy (non-hydrogen) atoms. The van der Waals surface area contributed by atoms with E-state index in [4.69, 9.17) is 28.4 Å². The van der Waals surface area contributed by atoms with Gasteiger partial charge in [0.15, 0.2) is 0 Å². The third-order valence-corrected chi connectivity index (χ3v) is 6.96. The van der Waals surface area contributed by atoms with Crippen LogP contribution in [0, 0.1) is 0 Å². The Kier molecular flexibility index (Phi) is 7.49. The van der Waals surface area contributed by atoms with E-state index in [1.54, 1.807) is 12.1 Å². The minimum Gasteiger partial charge on any atom is -0.491 e. The average Bonchev–Trinajstić information content (AvgIpc) is 3.92. The van der Waals surface area contributed by atoms with Gasteiger partial charge >= 0.3 is 12.2 Å². The SMILES string of the molecule is CNC(=O)Oc1ccc2ccc(OCC3CO3)c(Cc3c(OC(=O)NC)ccc4ccc(OCC5CO5)cc34)c2c1. The highest BCUT2D eigenvalue weighted by atomic mass is 16.6. The van der Waals surface area contributed by atoms with Gasteiger partial charge in [0, 0.05) is 31.6 Å². The van der Waals surface area contributed by atoms with E-state index in [1.807, 2.05) is 48.5 Å². The standard InChI is InChI=1S/C31H30N2O8/c1-32-30(34)40-21-8-4-19-5-9-28(39-17-23-16-38-23)26(25(19)12-21)13-27-24-11-20(36-14-22-15-37-22)7-3-18(24)6-10-29(27)41-31(35)33-2/h3-12,22-23H,13-17H2,1-2H3,(H,32,34)(H,33,35). The fourth-order valence-corrected chi connectivity index (χ4v) is 4.62. The second-order valence-corrected chi connectivity index (χ2v) is 9.84. The van der Waals surface area contributed by atoms with E-state index in [9.17, 15) is 9.59 Å². The first-order chi connectivity index (χ1) is 20.0. The maximum Gasteiger partial charge on any atom is 0.412 e. The molecule has 0 aromatic heterocycles. The molecule has 0 saturated carbocycles. The molecule has 2 atom stereocenters. The summed E-state index contributed by atoms with van der Waals surface area (Å²) in [4.78, 5) is 24.3. The summed E-state index contributed by atoms with van der Waals surface area (Å²) in [6.45, 7) is 2.23. The number of ether oxygens (including phenoxy) is 6. The average molecular weight is 559 g/mol. The molecular formula is C31H30N2O8. The number of carbonyl (C=O) groups is 2. The number of carbonyl (C=O) groups excluding carboxylic acids is 2. The summed E-state index contributed by atoms with van der Waals surface area (Å²) in [7, 11) is 3.02. The van der Waals surface area contributed by atoms with Crippen LogP contribution >= 0.6 is 0 Å². The highest BCUT2D eigenvalue weighted by molar-refractivity contribution is 5.93. The van der Waals surface area contributed by atoms with Crippen molar-refractivity contribution in [2.75, 3.05) is 40.5 Å². The van der Waals surface area contributed by atoms with Crippen LogP contribution in [0.2, 0.25) is 0 Å². The Morgan fingerprint density at radius 2 is 1.22 bits per heavy atom. The van der Waals surface area contributed by atoms with Gasteiger partial charge in [-0.2, -0.15) is 0 Å². The van der Waals surface area contributed by atoms with Crippen molar-refractivity contribution in [2.24, 2.45) is 0 Å². The lowest BCUT2D eigenvalue weighted by atomic mass is 9.93. The van der Waals surface area contributed by atoms with Gasteiger partial charge in [0.25, 0.3) is 0 Å². The molecule has 2 fully saturated rings. The number of hydrogen-bond donors (Lipinski definition) is 2. The lowest BCUT2D eigenvalue weighted by Crippen LogP contribution is -2.22. The van der Waals surface area contributed by atoms with Crippen molar-refractivity contribution < 1.29 is 38.0 Å². The van der Waals surface area contributed by atoms with Crippen molar-refractivity contribution in [1.82, 2.24) is 10.6 Å². The zero-order valence-corrected chi connectivity index (χ0v) is 22.7. The van der Waals surface area contributed by atoms with Crippen LogP contribution in [0.3, 0.4) is 0 Å². The van der Waals surface area contributed by atoms with Crippen LogP contribution in [0.4, 0.5) is 9.59 Å². The quantitative estimate of drug-likeness (QED) is 0.272. The molecule has 212 valence electrons. The number of benzene rings is 4. The second-order valence-electron chi connectivity index (χ2n) is 9.84. The van der Waals surface area contributed by atoms with Gasteiger partial charge < -0.3 is 39.1 Å². The first-order valence-corrected chi connectivity index (χ1v) is 13.4. The monoisotopic (exact) mass is 558 g/mol. The van der Waals surface area contributed by atoms with Gasteiger partial charge in [-0.3, -0.25) is 0 Å². The van der Waals surface area contributed by atoms with Crippen molar-refractivity contribution in [3.05, 3.63) is 71.8 Å². The Morgan fingerprint density at radius 3 is 1.85 bits per heavy atom. The van der Waals surface area contributed by atoms with Crippen LogP contribution in [0.5, 0.6) is 23.0 Å². The number of hydrogen-bond acceptors (Lipinski definition) is 8. The highest BCUT2D eigenvalue weighted by Gasteiger charge is 2.25. The molecule has 0 spiro atoms. The summed E-state index contributed by atoms with van der Waals surface area (Å²) in [5, 5.41) is 8.58. The highest BCUT2D eigenvalue weighted by Crippen LogP contribution is 2.38. The first kappa shape index (κ1) is 26.7. The fraction of sp³-hybridized carbons (Fsp3) is 0.290. The van der Waals surface area contributed by atoms with Crippen LogP contribution in [0.15, 0.2) is 60.7 Å². The third kappa shape index (κ3) is 6.29. The van der Waals surface area contributed by atoms with E-state index in [-0.39, 0.29) is 12.2 Å². The molecule has 2 N–H and O–H groups in total. The minimum absolute atomic E-state index is 0.0568. The molecule has 4 aromatic carbocycles. The van der Waals surface area contributed by atoms with Crippen molar-refractivity contribution >= 4 is 33.7 Å². The van der Waals surface area contributed by atoms with E-state index in [0.29, 0.717) is 55.8 Å². The molecule has 10 heteroatoms. The zero-order chi connectivity index (χ0) is 28.3. The Morgan fingerprint density at radius 1 is 0.707 bits per heavy atom. The number of amides is 2. The summed E-state index contributed by atoms with van der Waals surface area (Å²) in [5.74, 6) is 2.14. The van der Waals surface area contributed by atoms with Gasteiger partial charge in [0.1, 0.15) is 48.4 Å². The Bertz CT molecular complexity index is 1610. The van der Waals surface area contributed by atoms with Crippen LogP contribution in [-0.4, -0.2) is 64.9 Å². The zero-order valence-electron chi connectivity index (χ0n) is 22.7. The smallest absolute Gasteiger partial charge is 0.412 e. The predicted molar refractivity (Wildman–Crippen MR) is 151 cm³/mol. The molecule has 10 nitrogen and oxygen atoms in total. The maximum atomic E-state index is 12.3. The second kappa shape index (κ2) is 11.5. The Balaban J connectivity index is 1.48. The summed E-state index contributed by atoms with van der Waals surface area (Å²) >= 11 is 0. The van der Waals surface area contributed by atoms with Gasteiger partial charge in [0.05, 0.1) is 13.2 Å². The van der Waals surface area contributed by atoms with E-state index in [1.165, 1.54) is 14.1 Å². The van der Waals surface area contributed by atoms with E-state index < -0.39 is 12.2 Å². The molecule has 2 aliphatic rings. The molecule has 2 amide bonds. The Hall–Kier alpha value is -4.54. The number of fused-ring (bicyclic) bond motifs is 2. The van der Waals surface area contributed by atoms with Gasteiger partial charge in [-0.15, -0.1) is 0 Å². The van der Waals surface area contributed by atoms with Gasteiger partial charge in [-0.05, 0) is 57.9 Å². The van der Waals surface area contributed by atoms with Crippen LogP contribution in [-0.2, 0) is 15.9 Å². The molecule has 2 heterocycles. The van der Waals surface area contributed by atoms with E-state index in [0.717, 1.165) is 32.7 Å². The summed E-state index contributed by atoms with van der Waals surface area (Å²) in [5.41, 5.74) is 1.62. The molecule has 2 saturated heterocycles. The Labute approximate surface area is 236 Å². The van der Waals surface area contributed by atoms with Crippen molar-refractivity contribution in [2.45, 2.75) is 18.6 Å². The normalized spacial score (nSPS) is 17.1. The molecule has 0 bridgehead atoms. The molecule has 2 aliphatic heterocycles. The third-order valence-electron chi connectivity index (χ3n) is 6.96. The van der Waals surface area contributed by atoms with Crippen LogP contribution < -0.4 is 29.6 Å². The number of nitrogens with one attached hydrogen (secondary N) is 2. The lowest BCUT2D eigenvalue weighted by molar-refractivity contribution is 0.202. The topological polar surface area (TPSA) is 120 Å². The summed E-state index contributed by atoms with van der Waals surface area (Å²) in [6.07, 6.45) is -0.624. The molecular weight excluding hydrogens is 528 g/mol. The number of epoxide rings is 2. The summed E-state index contributed by atoms with van der Waals surface area (Å²) < 4.78 is 34.0. The van der Waals surface area contributed by atoms with Crippen molar-refractivity contribution in [3.63, 3.8) is 0 Å². The van der Waals surface area contributed by atoms with E-state index in [2.05, 4.69) is 10.6 Å². The van der Waals surface area contributed by atoms with Gasteiger partial charge in [-0.25, -0.2) is 9.59 Å². The minimum atomic E-state index is -0.578. The largest absolute Gasteiger partial charge is 0.491 e. The summed E-state index contributed by atoms with van der Waals surface area (Å²) in [6, 6.07) is 18.9. The predicted octanol–water partition coefficient (Wildman–Crippen LogP) is 4.58. The fourth-order valence-electron chi connectivity index (χ4n) is 4.62. The van der Waals surface area contributed by atoms with E-state index >= 15 is 0 Å². The van der Waals surface area contributed by atoms with Gasteiger partial charge in [0.2, 0.25) is 0 Å². The van der Waals surface area contributed by atoms with Crippen LogP contribution in [0.25, 0.3) is 21.5 Å². The molecule has 0 aliphatic carbocycles. The van der Waals surface area contributed by atoms with Crippen LogP contribution in [0.1, 0.15) is 11.1 Å². The number of rotatable bonds is 10. The van der Waals surface area contributed by atoms with Crippen molar-refractivity contribution in [3.8, 4) is 23.0 Å². The molecule has 6 rings (SSSR count). The molecule has 2 unspecified atom stereocenters. The van der Waals surface area contributed by atoms with Gasteiger partial charge in [-0.1, -0.05) is 24.3 Å². The lowest BCUT2D eigenvalue weighted by Gasteiger charge is -2.18. The maximum absolute atomic E-state index is 12.3.